The average Bonchev–Trinajstić information content (AvgIpc) is 2.66. The molecule has 2 rings (SSSR count). The van der Waals surface area contributed by atoms with Crippen molar-refractivity contribution in [3.05, 3.63) is 29.6 Å². The Balaban J connectivity index is 2.18. The monoisotopic (exact) mass is 250 g/mol. The lowest BCUT2D eigenvalue weighted by atomic mass is 10.0. The molecule has 18 heavy (non-hydrogen) atoms. The van der Waals surface area contributed by atoms with Gasteiger partial charge in [-0.3, -0.25) is 0 Å². The third-order valence-corrected chi connectivity index (χ3v) is 4.01. The number of nitrogens with two attached hydrogens (primary N) is 1. The van der Waals surface area contributed by atoms with Crippen molar-refractivity contribution in [1.82, 2.24) is 0 Å². The molecule has 1 fully saturated rings. The summed E-state index contributed by atoms with van der Waals surface area (Å²) in [6, 6.07) is 5.52. The summed E-state index contributed by atoms with van der Waals surface area (Å²) in [5.41, 5.74) is 7.72. The van der Waals surface area contributed by atoms with Crippen LogP contribution in [0, 0.1) is 5.82 Å². The van der Waals surface area contributed by atoms with Crippen LogP contribution in [-0.2, 0) is 6.54 Å². The number of hydrogen-bond acceptors (Lipinski definition) is 2. The molecule has 1 saturated carbocycles. The van der Waals surface area contributed by atoms with Crippen molar-refractivity contribution in [2.24, 2.45) is 5.73 Å². The highest BCUT2D eigenvalue weighted by molar-refractivity contribution is 5.54. The predicted molar refractivity (Wildman–Crippen MR) is 74.2 cm³/mol. The maximum atomic E-state index is 13.2. The summed E-state index contributed by atoms with van der Waals surface area (Å²) in [5, 5.41) is 0. The van der Waals surface area contributed by atoms with E-state index in [0.29, 0.717) is 12.6 Å². The fraction of sp³-hybridized carbons (Fsp3) is 0.600. The fourth-order valence-corrected chi connectivity index (χ4v) is 2.90. The Morgan fingerprint density at radius 2 is 1.89 bits per heavy atom. The molecule has 0 aromatic heterocycles. The highest BCUT2D eigenvalue weighted by Gasteiger charge is 2.19. The number of anilines is 1. The first-order chi connectivity index (χ1) is 8.72. The van der Waals surface area contributed by atoms with Crippen molar-refractivity contribution in [3.8, 4) is 0 Å². The summed E-state index contributed by atoms with van der Waals surface area (Å²) in [7, 11) is 2.11. The van der Waals surface area contributed by atoms with E-state index in [4.69, 9.17) is 5.73 Å². The van der Waals surface area contributed by atoms with Crippen LogP contribution in [0.5, 0.6) is 0 Å². The Bertz CT molecular complexity index is 384. The van der Waals surface area contributed by atoms with Gasteiger partial charge in [0.15, 0.2) is 0 Å². The van der Waals surface area contributed by atoms with Crippen molar-refractivity contribution in [3.63, 3.8) is 0 Å². The van der Waals surface area contributed by atoms with E-state index in [1.807, 2.05) is 6.07 Å². The number of hydrogen-bond donors (Lipinski definition) is 1. The summed E-state index contributed by atoms with van der Waals surface area (Å²) in [6.45, 7) is 0.393. The van der Waals surface area contributed by atoms with Gasteiger partial charge in [-0.25, -0.2) is 4.39 Å². The molecule has 2 nitrogen and oxygen atoms in total. The van der Waals surface area contributed by atoms with E-state index in [1.54, 1.807) is 6.07 Å². The van der Waals surface area contributed by atoms with Gasteiger partial charge in [0.1, 0.15) is 5.82 Å². The van der Waals surface area contributed by atoms with E-state index >= 15 is 0 Å². The molecule has 3 heteroatoms. The van der Waals surface area contributed by atoms with Crippen LogP contribution in [0.15, 0.2) is 18.2 Å². The third-order valence-electron chi connectivity index (χ3n) is 4.01. The quantitative estimate of drug-likeness (QED) is 0.833. The lowest BCUT2D eigenvalue weighted by molar-refractivity contribution is 0.550. The van der Waals surface area contributed by atoms with E-state index in [0.717, 1.165) is 11.3 Å². The summed E-state index contributed by atoms with van der Waals surface area (Å²) < 4.78 is 13.2. The van der Waals surface area contributed by atoms with Gasteiger partial charge >= 0.3 is 0 Å². The van der Waals surface area contributed by atoms with Crippen LogP contribution in [0.3, 0.4) is 0 Å². The second-order valence-corrected chi connectivity index (χ2v) is 5.23. The number of benzene rings is 1. The van der Waals surface area contributed by atoms with Gasteiger partial charge in [0.05, 0.1) is 0 Å². The van der Waals surface area contributed by atoms with Crippen LogP contribution in [0.4, 0.5) is 10.1 Å². The second kappa shape index (κ2) is 6.19. The van der Waals surface area contributed by atoms with Crippen molar-refractivity contribution in [2.75, 3.05) is 11.9 Å². The van der Waals surface area contributed by atoms with Crippen LogP contribution >= 0.6 is 0 Å². The van der Waals surface area contributed by atoms with Crippen molar-refractivity contribution >= 4 is 5.69 Å². The van der Waals surface area contributed by atoms with E-state index < -0.39 is 0 Å². The normalized spacial score (nSPS) is 17.5. The molecule has 1 aliphatic carbocycles. The summed E-state index contributed by atoms with van der Waals surface area (Å²) in [5.74, 6) is -0.200. The van der Waals surface area contributed by atoms with E-state index in [9.17, 15) is 4.39 Å². The predicted octanol–water partition coefficient (Wildman–Crippen LogP) is 3.44. The molecule has 0 spiro atoms. The highest BCUT2D eigenvalue weighted by Crippen LogP contribution is 2.28. The van der Waals surface area contributed by atoms with Crippen molar-refractivity contribution < 1.29 is 4.39 Å². The number of halogens is 1. The molecule has 0 atom stereocenters. The molecular weight excluding hydrogens is 227 g/mol. The smallest absolute Gasteiger partial charge is 0.123 e. The number of rotatable bonds is 3. The maximum Gasteiger partial charge on any atom is 0.123 e. The molecule has 1 aromatic rings. The zero-order valence-electron chi connectivity index (χ0n) is 11.2. The summed E-state index contributed by atoms with van der Waals surface area (Å²) in [6.07, 6.45) is 7.76. The van der Waals surface area contributed by atoms with Crippen LogP contribution in [0.1, 0.15) is 44.1 Å². The zero-order chi connectivity index (χ0) is 13.0. The Morgan fingerprint density at radius 3 is 2.50 bits per heavy atom. The molecule has 0 aliphatic heterocycles. The molecule has 0 heterocycles. The molecule has 0 saturated heterocycles. The standard InChI is InChI=1S/C15H23FN2/c1-18(14-6-4-2-3-5-7-14)15-9-8-13(16)10-12(15)11-17/h8-10,14H,2-7,11,17H2,1H3. The molecule has 0 bridgehead atoms. The van der Waals surface area contributed by atoms with E-state index in [1.165, 1.54) is 44.6 Å². The minimum Gasteiger partial charge on any atom is -0.371 e. The molecule has 2 N–H and O–H groups in total. The molecule has 1 aromatic carbocycles. The average molecular weight is 250 g/mol. The van der Waals surface area contributed by atoms with E-state index in [-0.39, 0.29) is 5.82 Å². The molecule has 0 unspecified atom stereocenters. The largest absolute Gasteiger partial charge is 0.371 e. The van der Waals surface area contributed by atoms with Gasteiger partial charge in [0.25, 0.3) is 0 Å². The van der Waals surface area contributed by atoms with Crippen LogP contribution in [0.2, 0.25) is 0 Å². The minimum absolute atomic E-state index is 0.200. The second-order valence-electron chi connectivity index (χ2n) is 5.23. The summed E-state index contributed by atoms with van der Waals surface area (Å²) >= 11 is 0. The van der Waals surface area contributed by atoms with Gasteiger partial charge in [-0.15, -0.1) is 0 Å². The van der Waals surface area contributed by atoms with Gasteiger partial charge < -0.3 is 10.6 Å². The van der Waals surface area contributed by atoms with Gasteiger partial charge in [-0.05, 0) is 36.6 Å². The lowest BCUT2D eigenvalue weighted by Gasteiger charge is -2.31. The Kier molecular flexibility index (Phi) is 4.59. The first kappa shape index (κ1) is 13.3. The van der Waals surface area contributed by atoms with Gasteiger partial charge in [-0.2, -0.15) is 0 Å². The zero-order valence-corrected chi connectivity index (χ0v) is 11.2. The summed E-state index contributed by atoms with van der Waals surface area (Å²) in [4.78, 5) is 2.30. The maximum absolute atomic E-state index is 13.2. The molecule has 1 aliphatic rings. The van der Waals surface area contributed by atoms with Crippen molar-refractivity contribution in [1.29, 1.82) is 0 Å². The first-order valence-corrected chi connectivity index (χ1v) is 6.93. The minimum atomic E-state index is -0.200. The third kappa shape index (κ3) is 3.02. The van der Waals surface area contributed by atoms with Crippen LogP contribution in [0.25, 0.3) is 0 Å². The van der Waals surface area contributed by atoms with E-state index in [2.05, 4.69) is 11.9 Å². The van der Waals surface area contributed by atoms with Crippen LogP contribution in [-0.4, -0.2) is 13.1 Å². The first-order valence-electron chi connectivity index (χ1n) is 6.93. The Morgan fingerprint density at radius 1 is 1.22 bits per heavy atom. The van der Waals surface area contributed by atoms with Crippen LogP contribution < -0.4 is 10.6 Å². The molecule has 0 amide bonds. The fourth-order valence-electron chi connectivity index (χ4n) is 2.90. The Labute approximate surface area is 109 Å². The van der Waals surface area contributed by atoms with Gasteiger partial charge in [-0.1, -0.05) is 25.7 Å². The molecule has 100 valence electrons. The highest BCUT2D eigenvalue weighted by atomic mass is 19.1. The number of nitrogens with zero attached hydrogens (tertiary/aromatic N) is 1. The SMILES string of the molecule is CN(c1ccc(F)cc1CN)C1CCCCCC1. The lowest BCUT2D eigenvalue weighted by Crippen LogP contribution is -2.32. The Hall–Kier alpha value is -1.09. The molecular formula is C15H23FN2. The topological polar surface area (TPSA) is 29.3 Å². The molecule has 0 radical (unpaired) electrons. The van der Waals surface area contributed by atoms with Gasteiger partial charge in [0, 0.05) is 25.3 Å². The van der Waals surface area contributed by atoms with Gasteiger partial charge in [0.2, 0.25) is 0 Å². The van der Waals surface area contributed by atoms with Crippen molar-refractivity contribution in [2.45, 2.75) is 51.1 Å².